The molecule has 84 valence electrons. The minimum atomic E-state index is 0.882. The van der Waals surface area contributed by atoms with Gasteiger partial charge in [0.05, 0.1) is 0 Å². The lowest BCUT2D eigenvalue weighted by Crippen LogP contribution is -2.19. The van der Waals surface area contributed by atoms with E-state index in [2.05, 4.69) is 24.5 Å². The van der Waals surface area contributed by atoms with E-state index in [4.69, 9.17) is 0 Å². The Kier molecular flexibility index (Phi) is 6.20. The summed E-state index contributed by atoms with van der Waals surface area (Å²) < 4.78 is 0. The maximum absolute atomic E-state index is 3.56. The maximum atomic E-state index is 3.56. The monoisotopic (exact) mass is 198 g/mol. The lowest BCUT2D eigenvalue weighted by Gasteiger charge is -2.11. The van der Waals surface area contributed by atoms with Crippen LogP contribution in [0.1, 0.15) is 46.0 Å². The van der Waals surface area contributed by atoms with Gasteiger partial charge in [-0.15, -0.1) is 0 Å². The van der Waals surface area contributed by atoms with Crippen LogP contribution in [0.5, 0.6) is 0 Å². The molecule has 14 heavy (non-hydrogen) atoms. The smallest absolute Gasteiger partial charge is 0.00682 e. The molecule has 0 aromatic rings. The molecule has 0 heterocycles. The Bertz CT molecular complexity index is 132. The molecule has 0 amide bonds. The predicted molar refractivity (Wildman–Crippen MR) is 62.6 cm³/mol. The first-order valence-corrected chi connectivity index (χ1v) is 6.27. The van der Waals surface area contributed by atoms with Gasteiger partial charge in [0, 0.05) is 6.04 Å². The first kappa shape index (κ1) is 12.0. The van der Waals surface area contributed by atoms with E-state index in [0.29, 0.717) is 0 Å². The molecular formula is C12H26N2. The Hall–Kier alpha value is -0.0800. The van der Waals surface area contributed by atoms with E-state index < -0.39 is 0 Å². The summed E-state index contributed by atoms with van der Waals surface area (Å²) in [6, 6.07) is 0.882. The molecule has 1 saturated carbocycles. The van der Waals surface area contributed by atoms with E-state index in [-0.39, 0.29) is 0 Å². The second kappa shape index (κ2) is 7.24. The highest BCUT2D eigenvalue weighted by atomic mass is 14.9. The van der Waals surface area contributed by atoms with Crippen LogP contribution < -0.4 is 10.6 Å². The zero-order chi connectivity index (χ0) is 10.2. The lowest BCUT2D eigenvalue weighted by atomic mass is 10.0. The fraction of sp³-hybridized carbons (Fsp3) is 1.00. The fourth-order valence-corrected chi connectivity index (χ4v) is 1.71. The molecule has 1 aliphatic rings. The average molecular weight is 198 g/mol. The van der Waals surface area contributed by atoms with E-state index in [9.17, 15) is 0 Å². The maximum Gasteiger partial charge on any atom is 0.00682 e. The van der Waals surface area contributed by atoms with Gasteiger partial charge in [-0.25, -0.2) is 0 Å². The van der Waals surface area contributed by atoms with Gasteiger partial charge in [-0.1, -0.05) is 13.8 Å². The van der Waals surface area contributed by atoms with Crippen LogP contribution in [0, 0.1) is 5.92 Å². The van der Waals surface area contributed by atoms with Crippen LogP contribution in [0.4, 0.5) is 0 Å². The molecule has 0 aromatic carbocycles. The molecule has 0 saturated heterocycles. The summed E-state index contributed by atoms with van der Waals surface area (Å²) in [7, 11) is 0. The summed E-state index contributed by atoms with van der Waals surface area (Å²) in [6.45, 7) is 8.07. The molecule has 1 aliphatic carbocycles. The van der Waals surface area contributed by atoms with Crippen molar-refractivity contribution in [2.75, 3.05) is 19.6 Å². The van der Waals surface area contributed by atoms with Gasteiger partial charge in [-0.2, -0.15) is 0 Å². The first-order chi connectivity index (χ1) is 6.83. The highest BCUT2D eigenvalue weighted by Gasteiger charge is 2.19. The molecule has 0 spiro atoms. The van der Waals surface area contributed by atoms with Gasteiger partial charge >= 0.3 is 0 Å². The van der Waals surface area contributed by atoms with E-state index in [1.54, 1.807) is 0 Å². The van der Waals surface area contributed by atoms with Crippen LogP contribution in [-0.4, -0.2) is 25.7 Å². The Labute approximate surface area is 88.8 Å². The molecule has 1 fully saturated rings. The molecule has 0 radical (unpaired) electrons. The van der Waals surface area contributed by atoms with Crippen molar-refractivity contribution in [3.8, 4) is 0 Å². The zero-order valence-electron chi connectivity index (χ0n) is 9.81. The summed E-state index contributed by atoms with van der Waals surface area (Å²) in [4.78, 5) is 0. The van der Waals surface area contributed by atoms with Crippen molar-refractivity contribution in [3.05, 3.63) is 0 Å². The second-order valence-corrected chi connectivity index (χ2v) is 4.62. The van der Waals surface area contributed by atoms with Crippen LogP contribution in [0.3, 0.4) is 0 Å². The molecular weight excluding hydrogens is 172 g/mol. The average Bonchev–Trinajstić information content (AvgIpc) is 2.97. The van der Waals surface area contributed by atoms with Gasteiger partial charge in [0.2, 0.25) is 0 Å². The van der Waals surface area contributed by atoms with E-state index in [0.717, 1.165) is 18.5 Å². The third-order valence-corrected chi connectivity index (χ3v) is 2.95. The molecule has 1 unspecified atom stereocenters. The second-order valence-electron chi connectivity index (χ2n) is 4.62. The van der Waals surface area contributed by atoms with Gasteiger partial charge in [-0.05, 0) is 57.7 Å². The topological polar surface area (TPSA) is 24.1 Å². The summed E-state index contributed by atoms with van der Waals surface area (Å²) in [6.07, 6.45) is 6.89. The first-order valence-electron chi connectivity index (χ1n) is 6.27. The highest BCUT2D eigenvalue weighted by Crippen LogP contribution is 2.18. The van der Waals surface area contributed by atoms with Gasteiger partial charge in [0.25, 0.3) is 0 Å². The molecule has 2 nitrogen and oxygen atoms in total. The Balaban J connectivity index is 1.78. The van der Waals surface area contributed by atoms with E-state index >= 15 is 0 Å². The van der Waals surface area contributed by atoms with Gasteiger partial charge in [-0.3, -0.25) is 0 Å². The highest BCUT2D eigenvalue weighted by molar-refractivity contribution is 4.80. The number of hydrogen-bond donors (Lipinski definition) is 2. The normalized spacial score (nSPS) is 18.4. The van der Waals surface area contributed by atoms with Crippen molar-refractivity contribution in [1.29, 1.82) is 0 Å². The Morgan fingerprint density at radius 2 is 2.00 bits per heavy atom. The molecule has 2 N–H and O–H groups in total. The SMILES string of the molecule is CCNCCC(C)CCCNC1CC1. The quantitative estimate of drug-likeness (QED) is 0.555. The van der Waals surface area contributed by atoms with Crippen LogP contribution in [-0.2, 0) is 0 Å². The van der Waals surface area contributed by atoms with Crippen LogP contribution >= 0.6 is 0 Å². The summed E-state index contributed by atoms with van der Waals surface area (Å²) in [5.74, 6) is 0.884. The third-order valence-electron chi connectivity index (χ3n) is 2.95. The van der Waals surface area contributed by atoms with Crippen LogP contribution in [0.2, 0.25) is 0 Å². The van der Waals surface area contributed by atoms with Crippen LogP contribution in [0.25, 0.3) is 0 Å². The van der Waals surface area contributed by atoms with Gasteiger partial charge in [0.15, 0.2) is 0 Å². The molecule has 0 aliphatic heterocycles. The zero-order valence-corrected chi connectivity index (χ0v) is 9.81. The predicted octanol–water partition coefficient (Wildman–Crippen LogP) is 2.15. The van der Waals surface area contributed by atoms with Crippen LogP contribution in [0.15, 0.2) is 0 Å². The standard InChI is InChI=1S/C12H26N2/c1-3-13-10-8-11(2)5-4-9-14-12-6-7-12/h11-14H,3-10H2,1-2H3. The number of nitrogens with one attached hydrogen (secondary N) is 2. The summed E-state index contributed by atoms with van der Waals surface area (Å²) >= 11 is 0. The molecule has 1 atom stereocenters. The van der Waals surface area contributed by atoms with Crippen molar-refractivity contribution < 1.29 is 0 Å². The number of rotatable bonds is 9. The van der Waals surface area contributed by atoms with Gasteiger partial charge in [0.1, 0.15) is 0 Å². The van der Waals surface area contributed by atoms with Crippen molar-refractivity contribution >= 4 is 0 Å². The van der Waals surface area contributed by atoms with Crippen molar-refractivity contribution in [3.63, 3.8) is 0 Å². The van der Waals surface area contributed by atoms with E-state index in [1.807, 2.05) is 0 Å². The molecule has 0 bridgehead atoms. The van der Waals surface area contributed by atoms with Crippen molar-refractivity contribution in [2.45, 2.75) is 52.0 Å². The Morgan fingerprint density at radius 3 is 2.64 bits per heavy atom. The molecule has 1 rings (SSSR count). The summed E-state index contributed by atoms with van der Waals surface area (Å²) in [5.41, 5.74) is 0. The Morgan fingerprint density at radius 1 is 1.21 bits per heavy atom. The third kappa shape index (κ3) is 6.39. The number of hydrogen-bond acceptors (Lipinski definition) is 2. The van der Waals surface area contributed by atoms with Crippen molar-refractivity contribution in [1.82, 2.24) is 10.6 Å². The molecule has 0 aromatic heterocycles. The van der Waals surface area contributed by atoms with E-state index in [1.165, 1.54) is 45.2 Å². The minimum Gasteiger partial charge on any atom is -0.317 e. The summed E-state index contributed by atoms with van der Waals surface area (Å²) in [5, 5.41) is 6.95. The fourth-order valence-electron chi connectivity index (χ4n) is 1.71. The minimum absolute atomic E-state index is 0.882. The van der Waals surface area contributed by atoms with Gasteiger partial charge < -0.3 is 10.6 Å². The molecule has 2 heteroatoms. The lowest BCUT2D eigenvalue weighted by molar-refractivity contribution is 0.450. The van der Waals surface area contributed by atoms with Crippen molar-refractivity contribution in [2.24, 2.45) is 5.92 Å². The largest absolute Gasteiger partial charge is 0.317 e.